The lowest BCUT2D eigenvalue weighted by atomic mass is 9.96. The fraction of sp³-hybridized carbons (Fsp3) is 0.364. The first-order valence-electron chi connectivity index (χ1n) is 5.20. The van der Waals surface area contributed by atoms with Crippen LogP contribution in [0.25, 0.3) is 0 Å². The zero-order valence-electron chi connectivity index (χ0n) is 10.1. The van der Waals surface area contributed by atoms with E-state index < -0.39 is 18.7 Å². The van der Waals surface area contributed by atoms with Crippen molar-refractivity contribution in [2.75, 3.05) is 5.73 Å². The number of benzene rings is 1. The fourth-order valence-electron chi connectivity index (χ4n) is 0.997. The summed E-state index contributed by atoms with van der Waals surface area (Å²) in [5, 5.41) is 9.42. The molecule has 0 fully saturated rings. The van der Waals surface area contributed by atoms with Gasteiger partial charge in [0.25, 0.3) is 5.97 Å². The van der Waals surface area contributed by atoms with Crippen LogP contribution in [0, 0.1) is 5.41 Å². The predicted octanol–water partition coefficient (Wildman–Crippen LogP) is 1.21. The van der Waals surface area contributed by atoms with E-state index >= 15 is 0 Å². The van der Waals surface area contributed by atoms with Crippen LogP contribution in [0.15, 0.2) is 24.3 Å². The van der Waals surface area contributed by atoms with Crippen LogP contribution >= 0.6 is 0 Å². The van der Waals surface area contributed by atoms with E-state index in [1.807, 2.05) is 0 Å². The van der Waals surface area contributed by atoms with Crippen LogP contribution in [0.3, 0.4) is 0 Å². The van der Waals surface area contributed by atoms with E-state index in [0.717, 1.165) is 0 Å². The Balaban J connectivity index is 2.56. The third kappa shape index (κ3) is 4.36. The largest absolute Gasteiger partial charge is 0.787 e. The molecule has 0 bridgehead atoms. The molecule has 1 aromatic carbocycles. The smallest absolute Gasteiger partial charge is 0.501 e. The lowest BCUT2D eigenvalue weighted by Gasteiger charge is -2.18. The minimum Gasteiger partial charge on any atom is -0.501 e. The van der Waals surface area contributed by atoms with Crippen molar-refractivity contribution in [3.05, 3.63) is 24.3 Å². The van der Waals surface area contributed by atoms with Crippen molar-refractivity contribution in [2.45, 2.75) is 20.8 Å². The fourth-order valence-corrected chi connectivity index (χ4v) is 0.997. The van der Waals surface area contributed by atoms with Crippen LogP contribution in [-0.2, 0) is 9.45 Å². The average molecular weight is 237 g/mol. The van der Waals surface area contributed by atoms with Crippen molar-refractivity contribution in [3.63, 3.8) is 0 Å². The number of nitrogens with two attached hydrogens (primary N) is 1. The van der Waals surface area contributed by atoms with Crippen LogP contribution in [0.1, 0.15) is 20.8 Å². The normalized spacial score (nSPS) is 10.8. The molecule has 0 aliphatic rings. The molecule has 6 heteroatoms. The topological polar surface area (TPSA) is 81.8 Å². The molecule has 0 saturated carbocycles. The summed E-state index contributed by atoms with van der Waals surface area (Å²) in [5.41, 5.74) is 5.34. The summed E-state index contributed by atoms with van der Waals surface area (Å²) in [6.07, 6.45) is 0. The molecule has 0 aromatic heterocycles. The highest BCUT2D eigenvalue weighted by atomic mass is 16.7. The molecule has 0 heterocycles. The second-order valence-corrected chi connectivity index (χ2v) is 4.65. The van der Waals surface area contributed by atoms with Crippen molar-refractivity contribution < 1.29 is 19.1 Å². The molecule has 5 nitrogen and oxygen atoms in total. The van der Waals surface area contributed by atoms with Crippen LogP contribution in [0.2, 0.25) is 0 Å². The number of hydrogen-bond donors (Lipinski definition) is 2. The summed E-state index contributed by atoms with van der Waals surface area (Å²) in [6, 6.07) is 6.47. The molecule has 3 N–H and O–H groups in total. The molecule has 17 heavy (non-hydrogen) atoms. The Morgan fingerprint density at radius 3 is 2.59 bits per heavy atom. The van der Waals surface area contributed by atoms with Crippen molar-refractivity contribution in [3.8, 4) is 5.75 Å². The molecule has 0 radical (unpaired) electrons. The second-order valence-electron chi connectivity index (χ2n) is 4.65. The first-order chi connectivity index (χ1) is 7.79. The van der Waals surface area contributed by atoms with E-state index in [1.165, 1.54) is 6.07 Å². The van der Waals surface area contributed by atoms with E-state index in [9.17, 15) is 9.82 Å². The molecule has 0 saturated heterocycles. The number of anilines is 1. The number of hydrogen-bond acceptors (Lipinski definition) is 5. The van der Waals surface area contributed by atoms with E-state index in [4.69, 9.17) is 15.0 Å². The Kier molecular flexibility index (Phi) is 4.01. The summed E-state index contributed by atoms with van der Waals surface area (Å²) in [7, 11) is -1.64. The van der Waals surface area contributed by atoms with E-state index in [-0.39, 0.29) is 0 Å². The maximum absolute atomic E-state index is 11.4. The molecule has 0 unspecified atom stereocenters. The van der Waals surface area contributed by atoms with Gasteiger partial charge in [0.15, 0.2) is 0 Å². The van der Waals surface area contributed by atoms with Gasteiger partial charge in [0.05, 0.1) is 5.41 Å². The number of rotatable bonds is 3. The van der Waals surface area contributed by atoms with Gasteiger partial charge in [-0.05, 0) is 32.9 Å². The third-order valence-corrected chi connectivity index (χ3v) is 1.92. The molecule has 1 aromatic rings. The van der Waals surface area contributed by atoms with Gasteiger partial charge in [0, 0.05) is 11.8 Å². The van der Waals surface area contributed by atoms with Gasteiger partial charge >= 0.3 is 7.32 Å². The summed E-state index contributed by atoms with van der Waals surface area (Å²) in [4.78, 5) is 11.4. The SMILES string of the molecule is CC(C)(C)C(=O)OB(O)Oc1cccc(N)c1. The summed E-state index contributed by atoms with van der Waals surface area (Å²) in [5.74, 6) is -0.215. The first-order valence-corrected chi connectivity index (χ1v) is 5.20. The molecule has 92 valence electrons. The zero-order valence-corrected chi connectivity index (χ0v) is 10.1. The maximum atomic E-state index is 11.4. The molecule has 0 atom stereocenters. The van der Waals surface area contributed by atoms with Gasteiger partial charge in [-0.2, -0.15) is 0 Å². The molecule has 0 spiro atoms. The van der Waals surface area contributed by atoms with Gasteiger partial charge in [-0.15, -0.1) is 0 Å². The lowest BCUT2D eigenvalue weighted by Crippen LogP contribution is -2.35. The minimum atomic E-state index is -1.64. The van der Waals surface area contributed by atoms with Gasteiger partial charge in [-0.1, -0.05) is 6.07 Å². The highest BCUT2D eigenvalue weighted by Gasteiger charge is 2.31. The van der Waals surface area contributed by atoms with Gasteiger partial charge in [0.2, 0.25) is 0 Å². The van der Waals surface area contributed by atoms with Crippen LogP contribution in [0.5, 0.6) is 5.75 Å². The number of carbonyl (C=O) groups excluding carboxylic acids is 1. The van der Waals surface area contributed by atoms with E-state index in [1.54, 1.807) is 39.0 Å². The van der Waals surface area contributed by atoms with Gasteiger partial charge in [-0.3, -0.25) is 4.79 Å². The van der Waals surface area contributed by atoms with E-state index in [2.05, 4.69) is 0 Å². The van der Waals surface area contributed by atoms with E-state index in [0.29, 0.717) is 11.4 Å². The zero-order chi connectivity index (χ0) is 13.1. The Morgan fingerprint density at radius 2 is 2.06 bits per heavy atom. The van der Waals surface area contributed by atoms with Crippen molar-refractivity contribution >= 4 is 19.0 Å². The second kappa shape index (κ2) is 5.10. The van der Waals surface area contributed by atoms with Gasteiger partial charge < -0.3 is 20.1 Å². The Bertz CT molecular complexity index is 403. The molecular weight excluding hydrogens is 221 g/mol. The molecule has 0 aliphatic carbocycles. The average Bonchev–Trinajstić information content (AvgIpc) is 2.15. The van der Waals surface area contributed by atoms with Crippen molar-refractivity contribution in [2.24, 2.45) is 5.41 Å². The molecule has 0 amide bonds. The lowest BCUT2D eigenvalue weighted by molar-refractivity contribution is -0.145. The minimum absolute atomic E-state index is 0.333. The van der Waals surface area contributed by atoms with Crippen LogP contribution in [0.4, 0.5) is 5.69 Å². The Labute approximate surface area is 101 Å². The highest BCUT2D eigenvalue weighted by Crippen LogP contribution is 2.18. The van der Waals surface area contributed by atoms with Crippen LogP contribution < -0.4 is 10.4 Å². The Morgan fingerprint density at radius 1 is 1.41 bits per heavy atom. The predicted molar refractivity (Wildman–Crippen MR) is 65.0 cm³/mol. The maximum Gasteiger partial charge on any atom is 0.787 e. The molecule has 0 aliphatic heterocycles. The first kappa shape index (κ1) is 13.4. The highest BCUT2D eigenvalue weighted by molar-refractivity contribution is 6.38. The summed E-state index contributed by atoms with van der Waals surface area (Å²) < 4.78 is 9.71. The standard InChI is InChI=1S/C11H16BNO4/c1-11(2,3)10(14)17-12(15)16-9-6-4-5-8(13)7-9/h4-7,15H,13H2,1-3H3. The van der Waals surface area contributed by atoms with Crippen molar-refractivity contribution in [1.82, 2.24) is 0 Å². The quantitative estimate of drug-likeness (QED) is 0.610. The van der Waals surface area contributed by atoms with Crippen molar-refractivity contribution in [1.29, 1.82) is 0 Å². The summed E-state index contributed by atoms with van der Waals surface area (Å²) in [6.45, 7) is 5.05. The molecular formula is C11H16BNO4. The monoisotopic (exact) mass is 237 g/mol. The number of carbonyl (C=O) groups is 1. The number of nitrogen functional groups attached to an aromatic ring is 1. The van der Waals surface area contributed by atoms with Gasteiger partial charge in [-0.25, -0.2) is 0 Å². The third-order valence-electron chi connectivity index (χ3n) is 1.92. The van der Waals surface area contributed by atoms with Crippen LogP contribution in [-0.4, -0.2) is 18.3 Å². The molecule has 1 rings (SSSR count). The summed E-state index contributed by atoms with van der Waals surface area (Å²) >= 11 is 0. The Hall–Kier alpha value is -1.69. The van der Waals surface area contributed by atoms with Gasteiger partial charge in [0.1, 0.15) is 5.75 Å².